The first-order valence-corrected chi connectivity index (χ1v) is 5.83. The van der Waals surface area contributed by atoms with E-state index in [-0.39, 0.29) is 0 Å². The van der Waals surface area contributed by atoms with Gasteiger partial charge in [-0.25, -0.2) is 4.98 Å². The molecule has 2 aromatic heterocycles. The molecule has 3 rings (SSSR count). The molecule has 0 amide bonds. The number of aryl methyl sites for hydroxylation is 3. The Morgan fingerprint density at radius 1 is 1.20 bits per heavy atom. The van der Waals surface area contributed by atoms with E-state index in [1.165, 1.54) is 26.7 Å². The maximum absolute atomic E-state index is 4.60. The van der Waals surface area contributed by atoms with Crippen LogP contribution in [0.1, 0.15) is 16.1 Å². The number of nitrogens with zero attached hydrogens (tertiary/aromatic N) is 1. The number of benzene rings is 1. The van der Waals surface area contributed by atoms with Gasteiger partial charge in [0.2, 0.25) is 0 Å². The van der Waals surface area contributed by atoms with Crippen LogP contribution in [0.25, 0.3) is 21.1 Å². The molecular formula is C12H12N2S. The first kappa shape index (κ1) is 8.92. The fraction of sp³-hybridized carbons (Fsp3) is 0.250. The molecular weight excluding hydrogens is 204 g/mol. The zero-order valence-corrected chi connectivity index (χ0v) is 9.83. The molecule has 76 valence electrons. The first-order chi connectivity index (χ1) is 7.18. The minimum absolute atomic E-state index is 1.14. The molecule has 0 bridgehead atoms. The molecule has 0 aliphatic heterocycles. The van der Waals surface area contributed by atoms with Gasteiger partial charge in [-0.15, -0.1) is 11.3 Å². The Labute approximate surface area is 92.0 Å². The molecule has 0 aliphatic rings. The van der Waals surface area contributed by atoms with Crippen LogP contribution >= 0.6 is 11.3 Å². The summed E-state index contributed by atoms with van der Waals surface area (Å²) in [6, 6.07) is 2.14. The maximum Gasteiger partial charge on any atom is 0.0908 e. The predicted molar refractivity (Wildman–Crippen MR) is 65.7 cm³/mol. The number of fused-ring (bicyclic) bond motifs is 2. The Morgan fingerprint density at radius 2 is 2.00 bits per heavy atom. The van der Waals surface area contributed by atoms with E-state index >= 15 is 0 Å². The molecule has 3 aromatic rings. The van der Waals surface area contributed by atoms with Gasteiger partial charge in [0.1, 0.15) is 0 Å². The summed E-state index contributed by atoms with van der Waals surface area (Å²) in [5.41, 5.74) is 4.99. The third kappa shape index (κ3) is 1.07. The van der Waals surface area contributed by atoms with Crippen LogP contribution in [-0.2, 0) is 0 Å². The molecule has 15 heavy (non-hydrogen) atoms. The first-order valence-electron chi connectivity index (χ1n) is 5.02. The normalized spacial score (nSPS) is 11.7. The molecule has 0 radical (unpaired) electrons. The summed E-state index contributed by atoms with van der Waals surface area (Å²) in [6.45, 7) is 6.38. The maximum atomic E-state index is 4.60. The number of aromatic nitrogens is 2. The van der Waals surface area contributed by atoms with E-state index in [2.05, 4.69) is 36.8 Å². The summed E-state index contributed by atoms with van der Waals surface area (Å²) in [4.78, 5) is 7.90. The fourth-order valence-electron chi connectivity index (χ4n) is 2.17. The minimum Gasteiger partial charge on any atom is -0.361 e. The Hall–Kier alpha value is -1.35. The average molecular weight is 216 g/mol. The van der Waals surface area contributed by atoms with Crippen LogP contribution in [-0.4, -0.2) is 9.97 Å². The van der Waals surface area contributed by atoms with E-state index in [0.717, 1.165) is 10.5 Å². The smallest absolute Gasteiger partial charge is 0.0908 e. The summed E-state index contributed by atoms with van der Waals surface area (Å²) < 4.78 is 1.33. The van der Waals surface area contributed by atoms with Gasteiger partial charge >= 0.3 is 0 Å². The lowest BCUT2D eigenvalue weighted by Gasteiger charge is -2.02. The predicted octanol–water partition coefficient (Wildman–Crippen LogP) is 3.70. The lowest BCUT2D eigenvalue weighted by atomic mass is 10.1. The highest BCUT2D eigenvalue weighted by Crippen LogP contribution is 2.34. The quantitative estimate of drug-likeness (QED) is 0.610. The van der Waals surface area contributed by atoms with Crippen molar-refractivity contribution in [1.82, 2.24) is 9.97 Å². The SMILES string of the molecule is Cc1nc2c(C)c3[nH]ccc3c(C)c2s1. The Kier molecular flexibility index (Phi) is 1.68. The molecule has 0 atom stereocenters. The van der Waals surface area contributed by atoms with Crippen LogP contribution in [0.15, 0.2) is 12.3 Å². The topological polar surface area (TPSA) is 28.7 Å². The molecule has 3 heteroatoms. The average Bonchev–Trinajstić information content (AvgIpc) is 2.79. The van der Waals surface area contributed by atoms with Crippen molar-refractivity contribution in [2.45, 2.75) is 20.8 Å². The number of thiazole rings is 1. The van der Waals surface area contributed by atoms with Gasteiger partial charge in [0.25, 0.3) is 0 Å². The lowest BCUT2D eigenvalue weighted by Crippen LogP contribution is -1.83. The summed E-state index contributed by atoms with van der Waals surface area (Å²) in [5, 5.41) is 2.47. The van der Waals surface area contributed by atoms with Crippen molar-refractivity contribution in [1.29, 1.82) is 0 Å². The number of hydrogen-bond donors (Lipinski definition) is 1. The van der Waals surface area contributed by atoms with Crippen molar-refractivity contribution >= 4 is 32.5 Å². The van der Waals surface area contributed by atoms with Crippen LogP contribution in [0.3, 0.4) is 0 Å². The number of rotatable bonds is 0. The largest absolute Gasteiger partial charge is 0.361 e. The van der Waals surface area contributed by atoms with Crippen LogP contribution < -0.4 is 0 Å². The highest BCUT2D eigenvalue weighted by Gasteiger charge is 2.12. The Balaban J connectivity index is 2.67. The van der Waals surface area contributed by atoms with Crippen LogP contribution in [0, 0.1) is 20.8 Å². The second-order valence-electron chi connectivity index (χ2n) is 3.93. The van der Waals surface area contributed by atoms with Crippen molar-refractivity contribution in [3.05, 3.63) is 28.4 Å². The number of nitrogens with one attached hydrogen (secondary N) is 1. The van der Waals surface area contributed by atoms with Gasteiger partial charge in [0, 0.05) is 17.1 Å². The van der Waals surface area contributed by atoms with Gasteiger partial charge < -0.3 is 4.98 Å². The number of H-pyrrole nitrogens is 1. The highest BCUT2D eigenvalue weighted by molar-refractivity contribution is 7.18. The summed E-state index contributed by atoms with van der Waals surface area (Å²) in [5.74, 6) is 0. The molecule has 1 aromatic carbocycles. The third-order valence-corrected chi connectivity index (χ3v) is 4.05. The second kappa shape index (κ2) is 2.83. The van der Waals surface area contributed by atoms with Crippen LogP contribution in [0.2, 0.25) is 0 Å². The van der Waals surface area contributed by atoms with Crippen molar-refractivity contribution in [2.24, 2.45) is 0 Å². The summed E-state index contributed by atoms with van der Waals surface area (Å²) in [7, 11) is 0. The molecule has 2 nitrogen and oxygen atoms in total. The van der Waals surface area contributed by atoms with E-state index in [4.69, 9.17) is 0 Å². The molecule has 0 saturated carbocycles. The van der Waals surface area contributed by atoms with Crippen LogP contribution in [0.4, 0.5) is 0 Å². The minimum atomic E-state index is 1.14. The molecule has 0 aliphatic carbocycles. The van der Waals surface area contributed by atoms with Gasteiger partial charge in [0.05, 0.1) is 20.7 Å². The number of hydrogen-bond acceptors (Lipinski definition) is 2. The van der Waals surface area contributed by atoms with E-state index in [1.54, 1.807) is 11.3 Å². The second-order valence-corrected chi connectivity index (χ2v) is 5.13. The zero-order valence-electron chi connectivity index (χ0n) is 9.01. The van der Waals surface area contributed by atoms with Crippen molar-refractivity contribution in [3.8, 4) is 0 Å². The van der Waals surface area contributed by atoms with Crippen molar-refractivity contribution in [2.75, 3.05) is 0 Å². The van der Waals surface area contributed by atoms with Gasteiger partial charge in [-0.1, -0.05) is 0 Å². The summed E-state index contributed by atoms with van der Waals surface area (Å²) in [6.07, 6.45) is 2.00. The van der Waals surface area contributed by atoms with Gasteiger partial charge in [-0.2, -0.15) is 0 Å². The standard InChI is InChI=1S/C12H12N2S/c1-6-9-4-5-13-10(9)7(2)11-12(6)15-8(3)14-11/h4-5,13H,1-3H3. The van der Waals surface area contributed by atoms with Gasteiger partial charge in [0.15, 0.2) is 0 Å². The molecule has 0 unspecified atom stereocenters. The third-order valence-electron chi connectivity index (χ3n) is 2.96. The van der Waals surface area contributed by atoms with E-state index in [0.29, 0.717) is 0 Å². The Morgan fingerprint density at radius 3 is 2.80 bits per heavy atom. The van der Waals surface area contributed by atoms with E-state index in [9.17, 15) is 0 Å². The van der Waals surface area contributed by atoms with Gasteiger partial charge in [-0.3, -0.25) is 0 Å². The molecule has 0 spiro atoms. The summed E-state index contributed by atoms with van der Waals surface area (Å²) >= 11 is 1.79. The Bertz CT molecular complexity index is 607. The van der Waals surface area contributed by atoms with Crippen LogP contribution in [0.5, 0.6) is 0 Å². The molecule has 0 saturated heterocycles. The van der Waals surface area contributed by atoms with Crippen molar-refractivity contribution in [3.63, 3.8) is 0 Å². The highest BCUT2D eigenvalue weighted by atomic mass is 32.1. The van der Waals surface area contributed by atoms with Gasteiger partial charge in [-0.05, 0) is 32.4 Å². The zero-order chi connectivity index (χ0) is 10.6. The molecule has 2 heterocycles. The number of aromatic amines is 1. The van der Waals surface area contributed by atoms with E-state index < -0.39 is 0 Å². The lowest BCUT2D eigenvalue weighted by molar-refractivity contribution is 1.32. The fourth-order valence-corrected chi connectivity index (χ4v) is 3.16. The molecule has 0 fully saturated rings. The van der Waals surface area contributed by atoms with Crippen molar-refractivity contribution < 1.29 is 0 Å². The van der Waals surface area contributed by atoms with E-state index in [1.807, 2.05) is 6.20 Å². The monoisotopic (exact) mass is 216 g/mol. The molecule has 1 N–H and O–H groups in total.